The molecule has 0 saturated heterocycles. The maximum Gasteiger partial charge on any atom is 0.325 e. The third kappa shape index (κ3) is 3.84. The minimum atomic E-state index is -0.899. The van der Waals surface area contributed by atoms with Crippen molar-refractivity contribution in [3.8, 4) is 0 Å². The van der Waals surface area contributed by atoms with Crippen LogP contribution in [0.5, 0.6) is 0 Å². The number of rotatable bonds is 5. The van der Waals surface area contributed by atoms with Crippen molar-refractivity contribution in [1.29, 1.82) is 0 Å². The summed E-state index contributed by atoms with van der Waals surface area (Å²) < 4.78 is 0. The van der Waals surface area contributed by atoms with Crippen LogP contribution >= 0.6 is 0 Å². The number of carboxylic acid groups (broad SMARTS) is 1. The number of aromatic nitrogens is 2. The zero-order chi connectivity index (χ0) is 12.1. The molecule has 0 aromatic carbocycles. The Balaban J connectivity index is 2.70. The minimum absolute atomic E-state index is 0.514. The molecule has 0 aliphatic rings. The van der Waals surface area contributed by atoms with E-state index in [2.05, 4.69) is 29.1 Å². The third-order valence-electron chi connectivity index (χ3n) is 2.08. The van der Waals surface area contributed by atoms with Gasteiger partial charge in [-0.1, -0.05) is 13.8 Å². The van der Waals surface area contributed by atoms with E-state index in [9.17, 15) is 4.79 Å². The van der Waals surface area contributed by atoms with Gasteiger partial charge in [0.2, 0.25) is 0 Å². The number of nitrogens with one attached hydrogen (secondary N) is 1. The topological polar surface area (TPSA) is 75.1 Å². The van der Waals surface area contributed by atoms with E-state index in [0.29, 0.717) is 11.7 Å². The van der Waals surface area contributed by atoms with Gasteiger partial charge >= 0.3 is 5.97 Å². The molecule has 1 unspecified atom stereocenters. The molecule has 1 rings (SSSR count). The van der Waals surface area contributed by atoms with E-state index in [-0.39, 0.29) is 0 Å². The number of hydrogen-bond acceptors (Lipinski definition) is 4. The minimum Gasteiger partial charge on any atom is -0.480 e. The van der Waals surface area contributed by atoms with Crippen LogP contribution in [0.2, 0.25) is 0 Å². The first-order valence-corrected chi connectivity index (χ1v) is 5.29. The van der Waals surface area contributed by atoms with Gasteiger partial charge in [0.05, 0.1) is 0 Å². The van der Waals surface area contributed by atoms with Crippen LogP contribution in [0.1, 0.15) is 26.5 Å². The summed E-state index contributed by atoms with van der Waals surface area (Å²) in [6.07, 6.45) is 2.31. The molecule has 16 heavy (non-hydrogen) atoms. The molecule has 0 fully saturated rings. The zero-order valence-electron chi connectivity index (χ0n) is 9.77. The van der Waals surface area contributed by atoms with Crippen molar-refractivity contribution >= 4 is 11.8 Å². The van der Waals surface area contributed by atoms with E-state index in [1.165, 1.54) is 6.33 Å². The van der Waals surface area contributed by atoms with E-state index in [1.807, 2.05) is 0 Å². The number of carboxylic acids is 1. The Hall–Kier alpha value is -1.65. The summed E-state index contributed by atoms with van der Waals surface area (Å²) in [5.74, 6) is 0.171. The molecular formula is C11H17N3O2. The van der Waals surface area contributed by atoms with Gasteiger partial charge in [-0.3, -0.25) is 4.79 Å². The van der Waals surface area contributed by atoms with Crippen molar-refractivity contribution in [2.75, 3.05) is 5.32 Å². The molecule has 0 amide bonds. The Morgan fingerprint density at radius 2 is 2.12 bits per heavy atom. The highest BCUT2D eigenvalue weighted by Gasteiger charge is 2.11. The lowest BCUT2D eigenvalue weighted by Crippen LogP contribution is -2.26. The summed E-state index contributed by atoms with van der Waals surface area (Å²) in [6, 6.07) is 1.14. The highest BCUT2D eigenvalue weighted by molar-refractivity contribution is 5.76. The van der Waals surface area contributed by atoms with Crippen molar-refractivity contribution < 1.29 is 9.90 Å². The average molecular weight is 223 g/mol. The summed E-state index contributed by atoms with van der Waals surface area (Å²) in [5.41, 5.74) is 0.921. The predicted molar refractivity (Wildman–Crippen MR) is 61.3 cm³/mol. The van der Waals surface area contributed by atoms with E-state index < -0.39 is 12.0 Å². The molecule has 1 aromatic heterocycles. The van der Waals surface area contributed by atoms with Gasteiger partial charge < -0.3 is 10.4 Å². The van der Waals surface area contributed by atoms with Crippen molar-refractivity contribution in [2.24, 2.45) is 5.92 Å². The second-order valence-electron chi connectivity index (χ2n) is 4.20. The quantitative estimate of drug-likeness (QED) is 0.792. The monoisotopic (exact) mass is 223 g/mol. The SMILES string of the molecule is CC(C)Cc1cc(NC(C)C(=O)O)ncn1. The Kier molecular flexibility index (Phi) is 4.22. The smallest absolute Gasteiger partial charge is 0.325 e. The molecule has 0 bridgehead atoms. The average Bonchev–Trinajstić information content (AvgIpc) is 2.16. The second kappa shape index (κ2) is 5.44. The fourth-order valence-electron chi connectivity index (χ4n) is 1.29. The first kappa shape index (κ1) is 12.4. The number of hydrogen-bond donors (Lipinski definition) is 2. The summed E-state index contributed by atoms with van der Waals surface area (Å²) in [6.45, 7) is 5.79. The van der Waals surface area contributed by atoms with Gasteiger partial charge in [0.1, 0.15) is 18.2 Å². The van der Waals surface area contributed by atoms with Gasteiger partial charge in [0.15, 0.2) is 0 Å². The predicted octanol–water partition coefficient (Wildman–Crippen LogP) is 1.56. The van der Waals surface area contributed by atoms with Crippen LogP contribution in [0.3, 0.4) is 0 Å². The van der Waals surface area contributed by atoms with Crippen LogP contribution < -0.4 is 5.32 Å². The second-order valence-corrected chi connectivity index (χ2v) is 4.20. The molecule has 0 aliphatic heterocycles. The van der Waals surface area contributed by atoms with Gasteiger partial charge in [0, 0.05) is 11.8 Å². The molecule has 88 valence electrons. The molecule has 1 heterocycles. The summed E-state index contributed by atoms with van der Waals surface area (Å²) in [7, 11) is 0. The normalized spacial score (nSPS) is 12.5. The maximum absolute atomic E-state index is 10.7. The lowest BCUT2D eigenvalue weighted by molar-refractivity contribution is -0.137. The van der Waals surface area contributed by atoms with Gasteiger partial charge in [-0.05, 0) is 19.3 Å². The van der Waals surface area contributed by atoms with Gasteiger partial charge in [-0.25, -0.2) is 9.97 Å². The van der Waals surface area contributed by atoms with Crippen molar-refractivity contribution in [3.63, 3.8) is 0 Å². The molecule has 5 heteroatoms. The molecule has 0 aliphatic carbocycles. The number of nitrogens with zero attached hydrogens (tertiary/aromatic N) is 2. The standard InChI is InChI=1S/C11H17N3O2/c1-7(2)4-9-5-10(13-6-12-9)14-8(3)11(15)16/h5-8H,4H2,1-3H3,(H,15,16)(H,12,13,14). The lowest BCUT2D eigenvalue weighted by atomic mass is 10.1. The number of aliphatic carboxylic acids is 1. The molecule has 0 spiro atoms. The van der Waals surface area contributed by atoms with Crippen LogP contribution in [0.4, 0.5) is 5.82 Å². The Bertz CT molecular complexity index is 366. The molecule has 0 saturated carbocycles. The Morgan fingerprint density at radius 3 is 2.69 bits per heavy atom. The maximum atomic E-state index is 10.7. The summed E-state index contributed by atoms with van der Waals surface area (Å²) in [4.78, 5) is 18.8. The van der Waals surface area contributed by atoms with Crippen LogP contribution in [-0.4, -0.2) is 27.1 Å². The van der Waals surface area contributed by atoms with Gasteiger partial charge in [-0.15, -0.1) is 0 Å². The summed E-state index contributed by atoms with van der Waals surface area (Å²) >= 11 is 0. The fourth-order valence-corrected chi connectivity index (χ4v) is 1.29. The van der Waals surface area contributed by atoms with Crippen LogP contribution in [-0.2, 0) is 11.2 Å². The van der Waals surface area contributed by atoms with Gasteiger partial charge in [-0.2, -0.15) is 0 Å². The zero-order valence-corrected chi connectivity index (χ0v) is 9.77. The van der Waals surface area contributed by atoms with Crippen LogP contribution in [0.25, 0.3) is 0 Å². The van der Waals surface area contributed by atoms with E-state index in [4.69, 9.17) is 5.11 Å². The van der Waals surface area contributed by atoms with E-state index in [1.54, 1.807) is 13.0 Å². The van der Waals surface area contributed by atoms with Crippen molar-refractivity contribution in [3.05, 3.63) is 18.1 Å². The molecule has 1 aromatic rings. The number of carbonyl (C=O) groups is 1. The third-order valence-corrected chi connectivity index (χ3v) is 2.08. The largest absolute Gasteiger partial charge is 0.480 e. The molecule has 0 radical (unpaired) electrons. The first-order chi connectivity index (χ1) is 7.49. The number of anilines is 1. The van der Waals surface area contributed by atoms with Crippen LogP contribution in [0.15, 0.2) is 12.4 Å². The van der Waals surface area contributed by atoms with Crippen molar-refractivity contribution in [2.45, 2.75) is 33.2 Å². The summed E-state index contributed by atoms with van der Waals surface area (Å²) in [5, 5.41) is 11.6. The lowest BCUT2D eigenvalue weighted by Gasteiger charge is -2.10. The van der Waals surface area contributed by atoms with E-state index >= 15 is 0 Å². The Labute approximate surface area is 94.9 Å². The Morgan fingerprint density at radius 1 is 1.44 bits per heavy atom. The molecule has 1 atom stereocenters. The highest BCUT2D eigenvalue weighted by atomic mass is 16.4. The van der Waals surface area contributed by atoms with Crippen LogP contribution in [0, 0.1) is 5.92 Å². The molecule has 5 nitrogen and oxygen atoms in total. The van der Waals surface area contributed by atoms with Gasteiger partial charge in [0.25, 0.3) is 0 Å². The molecule has 2 N–H and O–H groups in total. The molecular weight excluding hydrogens is 206 g/mol. The van der Waals surface area contributed by atoms with E-state index in [0.717, 1.165) is 12.1 Å². The highest BCUT2D eigenvalue weighted by Crippen LogP contribution is 2.09. The first-order valence-electron chi connectivity index (χ1n) is 5.29. The fraction of sp³-hybridized carbons (Fsp3) is 0.545. The van der Waals surface area contributed by atoms with Crippen molar-refractivity contribution in [1.82, 2.24) is 9.97 Å².